The van der Waals surface area contributed by atoms with E-state index >= 15 is 0 Å². The SMILES string of the molecule is CC1C(c2ccccc2)=CC=CC1(OCCCc1ccccc1)OCCCN1CC[C@@H](O)C1. The zero-order chi connectivity index (χ0) is 22.9. The summed E-state index contributed by atoms with van der Waals surface area (Å²) in [6, 6.07) is 21.1. The molecule has 1 aliphatic heterocycles. The Morgan fingerprint density at radius 2 is 1.67 bits per heavy atom. The van der Waals surface area contributed by atoms with Crippen molar-refractivity contribution in [1.82, 2.24) is 4.90 Å². The summed E-state index contributed by atoms with van der Waals surface area (Å²) in [5, 5.41) is 9.77. The lowest BCUT2D eigenvalue weighted by Gasteiger charge is -2.39. The predicted molar refractivity (Wildman–Crippen MR) is 134 cm³/mol. The van der Waals surface area contributed by atoms with Crippen LogP contribution in [0.2, 0.25) is 0 Å². The molecule has 1 aliphatic carbocycles. The molecule has 0 radical (unpaired) electrons. The van der Waals surface area contributed by atoms with E-state index in [1.165, 1.54) is 16.7 Å². The molecule has 1 saturated heterocycles. The molecule has 0 amide bonds. The zero-order valence-electron chi connectivity index (χ0n) is 19.7. The van der Waals surface area contributed by atoms with Crippen LogP contribution in [0.1, 0.15) is 37.3 Å². The van der Waals surface area contributed by atoms with Crippen LogP contribution >= 0.6 is 0 Å². The summed E-state index contributed by atoms with van der Waals surface area (Å²) in [7, 11) is 0. The van der Waals surface area contributed by atoms with Gasteiger partial charge in [0, 0.05) is 25.6 Å². The maximum Gasteiger partial charge on any atom is 0.194 e. The highest BCUT2D eigenvalue weighted by atomic mass is 16.7. The van der Waals surface area contributed by atoms with Gasteiger partial charge in [0.05, 0.1) is 19.3 Å². The number of likely N-dealkylation sites (tertiary alicyclic amines) is 1. The van der Waals surface area contributed by atoms with Crippen LogP contribution < -0.4 is 0 Å². The number of β-amino-alcohol motifs (C(OH)–C–C–N with tert-alkyl or cyclic N) is 1. The van der Waals surface area contributed by atoms with Crippen molar-refractivity contribution in [2.45, 2.75) is 44.5 Å². The molecule has 2 aromatic carbocycles. The van der Waals surface area contributed by atoms with Gasteiger partial charge in [-0.1, -0.05) is 79.7 Å². The quantitative estimate of drug-likeness (QED) is 0.385. The first-order valence-corrected chi connectivity index (χ1v) is 12.3. The van der Waals surface area contributed by atoms with Gasteiger partial charge in [-0.05, 0) is 48.5 Å². The molecule has 0 aromatic heterocycles. The van der Waals surface area contributed by atoms with Gasteiger partial charge >= 0.3 is 0 Å². The molecule has 4 nitrogen and oxygen atoms in total. The average Bonchev–Trinajstić information content (AvgIpc) is 3.27. The Balaban J connectivity index is 1.38. The molecule has 0 bridgehead atoms. The number of aryl methyl sites for hydroxylation is 1. The number of aliphatic hydroxyl groups excluding tert-OH is 1. The fourth-order valence-corrected chi connectivity index (χ4v) is 4.84. The Morgan fingerprint density at radius 3 is 2.36 bits per heavy atom. The van der Waals surface area contributed by atoms with Crippen molar-refractivity contribution in [3.63, 3.8) is 0 Å². The third-order valence-corrected chi connectivity index (χ3v) is 6.76. The third kappa shape index (κ3) is 6.42. The van der Waals surface area contributed by atoms with Crippen LogP contribution in [0.4, 0.5) is 0 Å². The van der Waals surface area contributed by atoms with Crippen molar-refractivity contribution in [3.05, 3.63) is 90.0 Å². The molecular formula is C29H37NO3. The molecule has 2 aliphatic rings. The Hall–Kier alpha value is -2.24. The number of hydrogen-bond acceptors (Lipinski definition) is 4. The maximum absolute atomic E-state index is 9.77. The van der Waals surface area contributed by atoms with E-state index in [1.807, 2.05) is 6.07 Å². The fourth-order valence-electron chi connectivity index (χ4n) is 4.84. The lowest BCUT2D eigenvalue weighted by Crippen LogP contribution is -2.43. The van der Waals surface area contributed by atoms with Crippen LogP contribution in [0, 0.1) is 5.92 Å². The largest absolute Gasteiger partial charge is 0.392 e. The van der Waals surface area contributed by atoms with Gasteiger partial charge in [-0.15, -0.1) is 0 Å². The van der Waals surface area contributed by atoms with Gasteiger partial charge < -0.3 is 19.5 Å². The Morgan fingerprint density at radius 1 is 0.970 bits per heavy atom. The first kappa shape index (κ1) is 23.9. The summed E-state index contributed by atoms with van der Waals surface area (Å²) >= 11 is 0. The molecule has 33 heavy (non-hydrogen) atoms. The predicted octanol–water partition coefficient (Wildman–Crippen LogP) is 5.09. The third-order valence-electron chi connectivity index (χ3n) is 6.76. The standard InChI is InChI=1S/C29H37NO3/c1-24-28(26-14-6-3-7-15-26)16-8-18-29(24,32-21-9-13-25-11-4-2-5-12-25)33-22-10-19-30-20-17-27(31)23-30/h2-8,11-12,14-16,18,24,27,31H,9-10,13,17,19-23H2,1H3/t24?,27-,29?/m1/s1. The van der Waals surface area contributed by atoms with E-state index in [2.05, 4.69) is 84.6 Å². The lowest BCUT2D eigenvalue weighted by atomic mass is 9.83. The normalized spacial score (nSPS) is 25.3. The molecule has 2 aromatic rings. The fraction of sp³-hybridized carbons (Fsp3) is 0.448. The van der Waals surface area contributed by atoms with Crippen molar-refractivity contribution in [3.8, 4) is 0 Å². The number of ether oxygens (including phenoxy) is 2. The Bertz CT molecular complexity index is 911. The van der Waals surface area contributed by atoms with Crippen molar-refractivity contribution in [2.24, 2.45) is 5.92 Å². The van der Waals surface area contributed by atoms with Crippen molar-refractivity contribution < 1.29 is 14.6 Å². The molecule has 2 unspecified atom stereocenters. The summed E-state index contributed by atoms with van der Waals surface area (Å²) in [4.78, 5) is 2.32. The Labute approximate surface area is 198 Å². The van der Waals surface area contributed by atoms with Crippen LogP contribution in [0.3, 0.4) is 0 Å². The van der Waals surface area contributed by atoms with Crippen molar-refractivity contribution >= 4 is 5.57 Å². The van der Waals surface area contributed by atoms with E-state index in [1.54, 1.807) is 0 Å². The van der Waals surface area contributed by atoms with Crippen LogP contribution in [-0.2, 0) is 15.9 Å². The van der Waals surface area contributed by atoms with Crippen molar-refractivity contribution in [1.29, 1.82) is 0 Å². The smallest absolute Gasteiger partial charge is 0.194 e. The average molecular weight is 448 g/mol. The first-order chi connectivity index (χ1) is 16.2. The van der Waals surface area contributed by atoms with Crippen LogP contribution in [-0.4, -0.2) is 54.7 Å². The highest BCUT2D eigenvalue weighted by Gasteiger charge is 2.40. The summed E-state index contributed by atoms with van der Waals surface area (Å²) in [5.41, 5.74) is 3.78. The molecule has 0 spiro atoms. The van der Waals surface area contributed by atoms with E-state index in [4.69, 9.17) is 9.47 Å². The minimum atomic E-state index is -0.763. The molecule has 1 fully saturated rings. The molecule has 1 heterocycles. The van der Waals surface area contributed by atoms with Crippen molar-refractivity contribution in [2.75, 3.05) is 32.8 Å². The second-order valence-corrected chi connectivity index (χ2v) is 9.17. The van der Waals surface area contributed by atoms with Gasteiger partial charge in [0.25, 0.3) is 0 Å². The van der Waals surface area contributed by atoms with Gasteiger partial charge in [0.15, 0.2) is 5.79 Å². The lowest BCUT2D eigenvalue weighted by molar-refractivity contribution is -0.223. The highest BCUT2D eigenvalue weighted by Crippen LogP contribution is 2.39. The van der Waals surface area contributed by atoms with Crippen LogP contribution in [0.5, 0.6) is 0 Å². The number of aliphatic hydroxyl groups is 1. The number of hydrogen-bond donors (Lipinski definition) is 1. The molecular weight excluding hydrogens is 410 g/mol. The second kappa shape index (κ2) is 11.8. The van der Waals surface area contributed by atoms with Crippen LogP contribution in [0.25, 0.3) is 5.57 Å². The summed E-state index contributed by atoms with van der Waals surface area (Å²) < 4.78 is 13.1. The van der Waals surface area contributed by atoms with Gasteiger partial charge in [-0.3, -0.25) is 0 Å². The summed E-state index contributed by atoms with van der Waals surface area (Å²) in [6.45, 7) is 6.17. The minimum absolute atomic E-state index is 0.0789. The number of nitrogens with zero attached hydrogens (tertiary/aromatic N) is 1. The number of rotatable bonds is 11. The maximum atomic E-state index is 9.77. The van der Waals surface area contributed by atoms with Gasteiger partial charge in [0.2, 0.25) is 0 Å². The number of allylic oxidation sites excluding steroid dienone is 2. The van der Waals surface area contributed by atoms with E-state index in [0.717, 1.165) is 45.3 Å². The van der Waals surface area contributed by atoms with E-state index < -0.39 is 5.79 Å². The van der Waals surface area contributed by atoms with Gasteiger partial charge in [-0.25, -0.2) is 0 Å². The molecule has 3 atom stereocenters. The molecule has 176 valence electrons. The zero-order valence-corrected chi connectivity index (χ0v) is 19.7. The Kier molecular flexibility index (Phi) is 8.51. The first-order valence-electron chi connectivity index (χ1n) is 12.3. The van der Waals surface area contributed by atoms with E-state index in [9.17, 15) is 5.11 Å². The van der Waals surface area contributed by atoms with E-state index in [0.29, 0.717) is 13.2 Å². The van der Waals surface area contributed by atoms with Gasteiger partial charge in [-0.2, -0.15) is 0 Å². The second-order valence-electron chi connectivity index (χ2n) is 9.17. The summed E-state index contributed by atoms with van der Waals surface area (Å²) in [6.07, 6.45) is 9.92. The molecule has 4 rings (SSSR count). The minimum Gasteiger partial charge on any atom is -0.392 e. The van der Waals surface area contributed by atoms with Gasteiger partial charge in [0.1, 0.15) is 0 Å². The monoisotopic (exact) mass is 447 g/mol. The summed E-state index contributed by atoms with van der Waals surface area (Å²) in [5.74, 6) is -0.684. The number of benzene rings is 2. The van der Waals surface area contributed by atoms with E-state index in [-0.39, 0.29) is 12.0 Å². The highest BCUT2D eigenvalue weighted by molar-refractivity contribution is 5.71. The molecule has 1 N–H and O–H groups in total. The van der Waals surface area contributed by atoms with Crippen LogP contribution in [0.15, 0.2) is 78.9 Å². The molecule has 4 heteroatoms. The topological polar surface area (TPSA) is 41.9 Å². The molecule has 0 saturated carbocycles.